The first kappa shape index (κ1) is 16.0. The van der Waals surface area contributed by atoms with Gasteiger partial charge in [-0.25, -0.2) is 4.68 Å². The second-order valence-corrected chi connectivity index (χ2v) is 5.16. The minimum absolute atomic E-state index is 0.0739. The maximum atomic E-state index is 11.7. The predicted molar refractivity (Wildman–Crippen MR) is 80.4 cm³/mol. The predicted octanol–water partition coefficient (Wildman–Crippen LogP) is 0.668. The second kappa shape index (κ2) is 7.55. The molecule has 0 aliphatic heterocycles. The first-order valence-corrected chi connectivity index (χ1v) is 7.51. The Balaban J connectivity index is 1.96. The third-order valence-electron chi connectivity index (χ3n) is 2.61. The van der Waals surface area contributed by atoms with Gasteiger partial charge in [-0.2, -0.15) is 0 Å². The molecule has 2 rings (SSSR count). The van der Waals surface area contributed by atoms with Gasteiger partial charge in [0, 0.05) is 18.0 Å². The summed E-state index contributed by atoms with van der Waals surface area (Å²) in [4.78, 5) is 26.8. The zero-order valence-corrected chi connectivity index (χ0v) is 12.7. The SMILES string of the molecule is CCOC(=O)CC(=O)CSc1nnc(-c2ccncc2)n1N. The lowest BCUT2D eigenvalue weighted by Gasteiger charge is -2.03. The topological polar surface area (TPSA) is 113 Å². The number of hydrogen-bond donors (Lipinski definition) is 1. The highest BCUT2D eigenvalue weighted by atomic mass is 32.2. The van der Waals surface area contributed by atoms with Crippen LogP contribution in [0.5, 0.6) is 0 Å². The number of thioether (sulfide) groups is 1. The van der Waals surface area contributed by atoms with Crippen LogP contribution in [0, 0.1) is 0 Å². The van der Waals surface area contributed by atoms with Crippen LogP contribution in [0.4, 0.5) is 0 Å². The van der Waals surface area contributed by atoms with Gasteiger partial charge in [0.25, 0.3) is 0 Å². The van der Waals surface area contributed by atoms with E-state index in [-0.39, 0.29) is 24.6 Å². The number of carbonyl (C=O) groups is 2. The van der Waals surface area contributed by atoms with E-state index in [0.717, 1.165) is 17.3 Å². The van der Waals surface area contributed by atoms with Crippen molar-refractivity contribution in [1.29, 1.82) is 0 Å². The van der Waals surface area contributed by atoms with Crippen molar-refractivity contribution in [1.82, 2.24) is 19.9 Å². The number of carbonyl (C=O) groups excluding carboxylic acids is 2. The van der Waals surface area contributed by atoms with Crippen molar-refractivity contribution in [2.45, 2.75) is 18.5 Å². The van der Waals surface area contributed by atoms with Crippen molar-refractivity contribution in [3.05, 3.63) is 24.5 Å². The molecule has 9 heteroatoms. The molecule has 8 nitrogen and oxygen atoms in total. The van der Waals surface area contributed by atoms with Crippen LogP contribution in [-0.2, 0) is 14.3 Å². The van der Waals surface area contributed by atoms with Gasteiger partial charge in [0.2, 0.25) is 5.16 Å². The Morgan fingerprint density at radius 3 is 2.73 bits per heavy atom. The van der Waals surface area contributed by atoms with Crippen molar-refractivity contribution < 1.29 is 14.3 Å². The molecular weight excluding hydrogens is 306 g/mol. The number of rotatable bonds is 7. The number of hydrogen-bond acceptors (Lipinski definition) is 8. The highest BCUT2D eigenvalue weighted by Crippen LogP contribution is 2.21. The van der Waals surface area contributed by atoms with Crippen molar-refractivity contribution in [2.75, 3.05) is 18.2 Å². The van der Waals surface area contributed by atoms with E-state index in [1.807, 2.05) is 0 Å². The van der Waals surface area contributed by atoms with E-state index in [1.54, 1.807) is 31.5 Å². The molecule has 0 bridgehead atoms. The Bertz CT molecular complexity index is 659. The molecule has 2 aromatic heterocycles. The monoisotopic (exact) mass is 321 g/mol. The standard InChI is InChI=1S/C13H15N5O3S/c1-2-21-11(20)7-10(19)8-22-13-17-16-12(18(13)14)9-3-5-15-6-4-9/h3-6H,2,7-8,14H2,1H3. The minimum atomic E-state index is -0.528. The van der Waals surface area contributed by atoms with Crippen LogP contribution in [0.3, 0.4) is 0 Å². The van der Waals surface area contributed by atoms with Crippen LogP contribution >= 0.6 is 11.8 Å². The van der Waals surface area contributed by atoms with Gasteiger partial charge in [-0.15, -0.1) is 10.2 Å². The summed E-state index contributed by atoms with van der Waals surface area (Å²) in [5, 5.41) is 8.32. The Morgan fingerprint density at radius 1 is 1.32 bits per heavy atom. The van der Waals surface area contributed by atoms with Gasteiger partial charge < -0.3 is 10.6 Å². The molecule has 0 atom stereocenters. The first-order valence-electron chi connectivity index (χ1n) is 6.52. The molecule has 0 aromatic carbocycles. The normalized spacial score (nSPS) is 10.4. The van der Waals surface area contributed by atoms with E-state index in [1.165, 1.54) is 4.68 Å². The molecule has 2 aromatic rings. The molecule has 2 N–H and O–H groups in total. The lowest BCUT2D eigenvalue weighted by molar-refractivity contribution is -0.145. The van der Waals surface area contributed by atoms with E-state index in [0.29, 0.717) is 11.0 Å². The number of Topliss-reactive ketones (excluding diaryl/α,β-unsaturated/α-hetero) is 1. The van der Waals surface area contributed by atoms with Gasteiger partial charge in [0.15, 0.2) is 11.6 Å². The molecule has 0 aliphatic rings. The molecule has 0 fully saturated rings. The van der Waals surface area contributed by atoms with Gasteiger partial charge in [-0.1, -0.05) is 11.8 Å². The molecule has 22 heavy (non-hydrogen) atoms. The molecule has 0 aliphatic carbocycles. The third kappa shape index (κ3) is 4.04. The summed E-state index contributed by atoms with van der Waals surface area (Å²) >= 11 is 1.12. The number of esters is 1. The Labute approximate surface area is 131 Å². The van der Waals surface area contributed by atoms with E-state index in [2.05, 4.69) is 15.2 Å². The summed E-state index contributed by atoms with van der Waals surface area (Å²) in [6, 6.07) is 3.52. The van der Waals surface area contributed by atoms with E-state index < -0.39 is 5.97 Å². The first-order chi connectivity index (χ1) is 10.6. The zero-order chi connectivity index (χ0) is 15.9. The van der Waals surface area contributed by atoms with Crippen LogP contribution in [0.25, 0.3) is 11.4 Å². The molecule has 0 spiro atoms. The highest BCUT2D eigenvalue weighted by Gasteiger charge is 2.15. The number of ketones is 1. The van der Waals surface area contributed by atoms with Crippen LogP contribution in [-0.4, -0.2) is 44.0 Å². The molecular formula is C13H15N5O3S. The largest absolute Gasteiger partial charge is 0.466 e. The molecule has 0 radical (unpaired) electrons. The molecule has 0 amide bonds. The van der Waals surface area contributed by atoms with Gasteiger partial charge in [0.1, 0.15) is 6.42 Å². The minimum Gasteiger partial charge on any atom is -0.466 e. The fraction of sp³-hybridized carbons (Fsp3) is 0.308. The summed E-state index contributed by atoms with van der Waals surface area (Å²) in [6.45, 7) is 1.94. The van der Waals surface area contributed by atoms with Crippen molar-refractivity contribution >= 4 is 23.5 Å². The van der Waals surface area contributed by atoms with E-state index in [9.17, 15) is 9.59 Å². The molecule has 0 unspecified atom stereocenters. The van der Waals surface area contributed by atoms with Crippen LogP contribution in [0.1, 0.15) is 13.3 Å². The van der Waals surface area contributed by atoms with Crippen molar-refractivity contribution in [2.24, 2.45) is 0 Å². The summed E-state index contributed by atoms with van der Waals surface area (Å²) in [7, 11) is 0. The number of ether oxygens (including phenoxy) is 1. The lowest BCUT2D eigenvalue weighted by atomic mass is 10.2. The Morgan fingerprint density at radius 2 is 2.05 bits per heavy atom. The smallest absolute Gasteiger partial charge is 0.313 e. The average Bonchev–Trinajstić information content (AvgIpc) is 2.87. The van der Waals surface area contributed by atoms with Crippen LogP contribution < -0.4 is 5.84 Å². The van der Waals surface area contributed by atoms with Gasteiger partial charge in [-0.05, 0) is 19.1 Å². The van der Waals surface area contributed by atoms with Crippen LogP contribution in [0.15, 0.2) is 29.7 Å². The van der Waals surface area contributed by atoms with Gasteiger partial charge in [-0.3, -0.25) is 14.6 Å². The summed E-state index contributed by atoms with van der Waals surface area (Å²) in [5.41, 5.74) is 0.773. The number of pyridine rings is 1. The van der Waals surface area contributed by atoms with Gasteiger partial charge >= 0.3 is 5.97 Å². The maximum absolute atomic E-state index is 11.7. The Kier molecular flexibility index (Phi) is 5.48. The summed E-state index contributed by atoms with van der Waals surface area (Å²) in [6.07, 6.45) is 3.00. The average molecular weight is 321 g/mol. The molecule has 0 saturated carbocycles. The maximum Gasteiger partial charge on any atom is 0.313 e. The summed E-state index contributed by atoms with van der Waals surface area (Å²) < 4.78 is 6.02. The van der Waals surface area contributed by atoms with Crippen LogP contribution in [0.2, 0.25) is 0 Å². The quantitative estimate of drug-likeness (QED) is 0.342. The highest BCUT2D eigenvalue weighted by molar-refractivity contribution is 7.99. The number of nitrogens with zero attached hydrogens (tertiary/aromatic N) is 4. The summed E-state index contributed by atoms with van der Waals surface area (Å²) in [5.74, 6) is 5.69. The molecule has 2 heterocycles. The second-order valence-electron chi connectivity index (χ2n) is 4.22. The van der Waals surface area contributed by atoms with Crippen molar-refractivity contribution in [3.63, 3.8) is 0 Å². The molecule has 116 valence electrons. The number of nitrogen functional groups attached to an aromatic ring is 1. The number of aromatic nitrogens is 4. The lowest BCUT2D eigenvalue weighted by Crippen LogP contribution is -2.15. The van der Waals surface area contributed by atoms with E-state index in [4.69, 9.17) is 10.6 Å². The number of nitrogens with two attached hydrogens (primary N) is 1. The van der Waals surface area contributed by atoms with Gasteiger partial charge in [0.05, 0.1) is 12.4 Å². The Hall–Kier alpha value is -2.42. The fourth-order valence-corrected chi connectivity index (χ4v) is 2.36. The molecule has 0 saturated heterocycles. The van der Waals surface area contributed by atoms with E-state index >= 15 is 0 Å². The third-order valence-corrected chi connectivity index (χ3v) is 3.62. The zero-order valence-electron chi connectivity index (χ0n) is 11.9. The van der Waals surface area contributed by atoms with Crippen molar-refractivity contribution in [3.8, 4) is 11.4 Å². The fourth-order valence-electron chi connectivity index (χ4n) is 1.64.